The Labute approximate surface area is 120 Å². The molecule has 0 amide bonds. The molecule has 0 aliphatic rings. The van der Waals surface area contributed by atoms with Crippen molar-refractivity contribution in [3.05, 3.63) is 50.4 Å². The maximum atomic E-state index is 12.4. The maximum absolute atomic E-state index is 12.4. The minimum atomic E-state index is -0.230. The summed E-state index contributed by atoms with van der Waals surface area (Å²) in [7, 11) is 0. The number of rotatable bonds is 2. The molecule has 1 aromatic heterocycles. The fourth-order valence-electron chi connectivity index (χ4n) is 1.81. The summed E-state index contributed by atoms with van der Waals surface area (Å²) in [6, 6.07) is 4.78. The van der Waals surface area contributed by atoms with Crippen LogP contribution >= 0.6 is 23.2 Å². The average molecular weight is 298 g/mol. The Hall–Kier alpha value is -1.52. The van der Waals surface area contributed by atoms with E-state index in [0.717, 1.165) is 0 Å². The standard InChI is InChI=1S/C13H13Cl2N3O/c1-7(2)9-3-4-17-18(13(9)19)12-10(14)5-8(16)6-11(12)15/h3-7H,16H2,1-2H3. The Bertz CT molecular complexity index is 657. The van der Waals surface area contributed by atoms with Gasteiger partial charge in [-0.25, -0.2) is 0 Å². The zero-order valence-corrected chi connectivity index (χ0v) is 12.0. The quantitative estimate of drug-likeness (QED) is 0.866. The van der Waals surface area contributed by atoms with Gasteiger partial charge in [-0.2, -0.15) is 9.78 Å². The van der Waals surface area contributed by atoms with Crippen molar-refractivity contribution in [1.29, 1.82) is 0 Å². The summed E-state index contributed by atoms with van der Waals surface area (Å²) in [6.45, 7) is 3.88. The van der Waals surface area contributed by atoms with Crippen LogP contribution in [0.2, 0.25) is 10.0 Å². The first-order valence-electron chi connectivity index (χ1n) is 5.75. The van der Waals surface area contributed by atoms with Gasteiger partial charge in [-0.3, -0.25) is 4.79 Å². The summed E-state index contributed by atoms with van der Waals surface area (Å²) in [4.78, 5) is 12.4. The number of anilines is 1. The minimum absolute atomic E-state index is 0.0908. The first-order valence-corrected chi connectivity index (χ1v) is 6.50. The van der Waals surface area contributed by atoms with Gasteiger partial charge < -0.3 is 5.73 Å². The average Bonchev–Trinajstić information content (AvgIpc) is 2.29. The second-order valence-electron chi connectivity index (χ2n) is 4.49. The molecule has 2 aromatic rings. The highest BCUT2D eigenvalue weighted by Crippen LogP contribution is 2.30. The summed E-state index contributed by atoms with van der Waals surface area (Å²) in [5, 5.41) is 4.62. The molecule has 1 aromatic carbocycles. The van der Waals surface area contributed by atoms with E-state index in [2.05, 4.69) is 5.10 Å². The van der Waals surface area contributed by atoms with Crippen LogP contribution in [0.15, 0.2) is 29.2 Å². The van der Waals surface area contributed by atoms with E-state index in [0.29, 0.717) is 27.0 Å². The summed E-state index contributed by atoms with van der Waals surface area (Å²) >= 11 is 12.2. The van der Waals surface area contributed by atoms with Crippen molar-refractivity contribution in [3.8, 4) is 5.69 Å². The van der Waals surface area contributed by atoms with Crippen molar-refractivity contribution in [3.63, 3.8) is 0 Å². The van der Waals surface area contributed by atoms with Crippen molar-refractivity contribution in [1.82, 2.24) is 9.78 Å². The third kappa shape index (κ3) is 2.60. The third-order valence-electron chi connectivity index (χ3n) is 2.75. The number of benzene rings is 1. The molecule has 0 saturated carbocycles. The normalized spacial score (nSPS) is 11.0. The van der Waals surface area contributed by atoms with Gasteiger partial charge in [0.05, 0.1) is 10.0 Å². The van der Waals surface area contributed by atoms with Crippen LogP contribution in [0.4, 0.5) is 5.69 Å². The Morgan fingerprint density at radius 1 is 1.26 bits per heavy atom. The van der Waals surface area contributed by atoms with E-state index in [1.54, 1.807) is 24.4 Å². The lowest BCUT2D eigenvalue weighted by Crippen LogP contribution is -2.25. The van der Waals surface area contributed by atoms with Crippen LogP contribution in [0.25, 0.3) is 5.69 Å². The van der Waals surface area contributed by atoms with Gasteiger partial charge in [0.1, 0.15) is 5.69 Å². The molecule has 4 nitrogen and oxygen atoms in total. The fourth-order valence-corrected chi connectivity index (χ4v) is 2.48. The van der Waals surface area contributed by atoms with Crippen molar-refractivity contribution in [2.45, 2.75) is 19.8 Å². The molecular formula is C13H13Cl2N3O. The monoisotopic (exact) mass is 297 g/mol. The lowest BCUT2D eigenvalue weighted by atomic mass is 10.1. The molecule has 0 radical (unpaired) electrons. The van der Waals surface area contributed by atoms with Gasteiger partial charge in [-0.1, -0.05) is 37.0 Å². The van der Waals surface area contributed by atoms with Crippen LogP contribution in [-0.2, 0) is 0 Å². The molecule has 6 heteroatoms. The maximum Gasteiger partial charge on any atom is 0.275 e. The summed E-state index contributed by atoms with van der Waals surface area (Å²) in [6.07, 6.45) is 1.56. The zero-order valence-electron chi connectivity index (χ0n) is 10.5. The Morgan fingerprint density at radius 3 is 2.37 bits per heavy atom. The van der Waals surface area contributed by atoms with Crippen LogP contribution in [-0.4, -0.2) is 9.78 Å². The zero-order chi connectivity index (χ0) is 14.2. The highest BCUT2D eigenvalue weighted by atomic mass is 35.5. The molecular weight excluding hydrogens is 285 g/mol. The number of nitrogens with zero attached hydrogens (tertiary/aromatic N) is 2. The number of halogens is 2. The highest BCUT2D eigenvalue weighted by Gasteiger charge is 2.15. The van der Waals surface area contributed by atoms with E-state index in [1.165, 1.54) is 4.68 Å². The lowest BCUT2D eigenvalue weighted by molar-refractivity contribution is 0.750. The smallest absolute Gasteiger partial charge is 0.275 e. The molecule has 0 aliphatic heterocycles. The van der Waals surface area contributed by atoms with E-state index < -0.39 is 0 Å². The molecule has 0 atom stereocenters. The van der Waals surface area contributed by atoms with Gasteiger partial charge >= 0.3 is 0 Å². The van der Waals surface area contributed by atoms with Gasteiger partial charge in [-0.15, -0.1) is 0 Å². The van der Waals surface area contributed by atoms with E-state index in [-0.39, 0.29) is 11.5 Å². The first-order chi connectivity index (χ1) is 8.91. The van der Waals surface area contributed by atoms with Crippen LogP contribution in [0.5, 0.6) is 0 Å². The molecule has 19 heavy (non-hydrogen) atoms. The molecule has 0 unspecified atom stereocenters. The summed E-state index contributed by atoms with van der Waals surface area (Å²) in [5.41, 5.74) is 6.86. The molecule has 100 valence electrons. The van der Waals surface area contributed by atoms with Crippen molar-refractivity contribution < 1.29 is 0 Å². The fraction of sp³-hybridized carbons (Fsp3) is 0.231. The Morgan fingerprint density at radius 2 is 1.84 bits per heavy atom. The summed E-state index contributed by atoms with van der Waals surface area (Å²) in [5.74, 6) is 0.0908. The number of hydrogen-bond acceptors (Lipinski definition) is 3. The molecule has 2 N–H and O–H groups in total. The van der Waals surface area contributed by atoms with Crippen LogP contribution < -0.4 is 11.3 Å². The molecule has 0 bridgehead atoms. The number of hydrogen-bond donors (Lipinski definition) is 1. The predicted molar refractivity (Wildman–Crippen MR) is 78.4 cm³/mol. The van der Waals surface area contributed by atoms with Crippen LogP contribution in [0.1, 0.15) is 25.3 Å². The van der Waals surface area contributed by atoms with Crippen molar-refractivity contribution in [2.75, 3.05) is 5.73 Å². The van der Waals surface area contributed by atoms with E-state index >= 15 is 0 Å². The second kappa shape index (κ2) is 5.23. The van der Waals surface area contributed by atoms with Gasteiger partial charge in [0.2, 0.25) is 0 Å². The minimum Gasteiger partial charge on any atom is -0.399 e. The van der Waals surface area contributed by atoms with Crippen molar-refractivity contribution >= 4 is 28.9 Å². The van der Waals surface area contributed by atoms with Gasteiger partial charge in [-0.05, 0) is 24.1 Å². The van der Waals surface area contributed by atoms with E-state index in [9.17, 15) is 4.79 Å². The molecule has 0 spiro atoms. The molecule has 0 saturated heterocycles. The number of nitrogen functional groups attached to an aromatic ring is 1. The van der Waals surface area contributed by atoms with Gasteiger partial charge in [0.15, 0.2) is 0 Å². The van der Waals surface area contributed by atoms with Gasteiger partial charge in [0, 0.05) is 17.4 Å². The Kier molecular flexibility index (Phi) is 3.83. The van der Waals surface area contributed by atoms with E-state index in [1.807, 2.05) is 13.8 Å². The first kappa shape index (κ1) is 13.9. The largest absolute Gasteiger partial charge is 0.399 e. The van der Waals surface area contributed by atoms with Crippen LogP contribution in [0.3, 0.4) is 0 Å². The van der Waals surface area contributed by atoms with Gasteiger partial charge in [0.25, 0.3) is 5.56 Å². The Balaban J connectivity index is 2.74. The molecule has 2 rings (SSSR count). The third-order valence-corrected chi connectivity index (χ3v) is 3.32. The molecule has 1 heterocycles. The molecule has 0 fully saturated rings. The van der Waals surface area contributed by atoms with E-state index in [4.69, 9.17) is 28.9 Å². The highest BCUT2D eigenvalue weighted by molar-refractivity contribution is 6.38. The topological polar surface area (TPSA) is 60.9 Å². The molecule has 0 aliphatic carbocycles. The lowest BCUT2D eigenvalue weighted by Gasteiger charge is -2.12. The van der Waals surface area contributed by atoms with Crippen LogP contribution in [0, 0.1) is 0 Å². The SMILES string of the molecule is CC(C)c1ccnn(-c2c(Cl)cc(N)cc2Cl)c1=O. The predicted octanol–water partition coefficient (Wildman–Crippen LogP) is 3.24. The van der Waals surface area contributed by atoms with Crippen molar-refractivity contribution in [2.24, 2.45) is 0 Å². The summed E-state index contributed by atoms with van der Waals surface area (Å²) < 4.78 is 1.21. The number of aromatic nitrogens is 2. The second-order valence-corrected chi connectivity index (χ2v) is 5.31. The number of nitrogens with two attached hydrogens (primary N) is 1.